The van der Waals surface area contributed by atoms with Crippen molar-refractivity contribution in [1.29, 1.82) is 0 Å². The second-order valence-corrected chi connectivity index (χ2v) is 8.04. The van der Waals surface area contributed by atoms with Crippen LogP contribution in [0, 0.1) is 12.8 Å². The third-order valence-corrected chi connectivity index (χ3v) is 6.32. The SMILES string of the molecule is Cc1nc2sc3c(c2c2nnc(SCC(=O)O)n12)CC[C@H](C)C3. The largest absolute Gasteiger partial charge is 0.481 e. The Labute approximate surface area is 140 Å². The molecule has 1 aliphatic rings. The van der Waals surface area contributed by atoms with Gasteiger partial charge in [0.25, 0.3) is 0 Å². The summed E-state index contributed by atoms with van der Waals surface area (Å²) in [6.45, 7) is 4.21. The van der Waals surface area contributed by atoms with E-state index in [2.05, 4.69) is 17.1 Å². The number of nitrogens with zero attached hydrogens (tertiary/aromatic N) is 4. The van der Waals surface area contributed by atoms with Crippen LogP contribution in [0.15, 0.2) is 5.16 Å². The van der Waals surface area contributed by atoms with Gasteiger partial charge in [-0.15, -0.1) is 21.5 Å². The smallest absolute Gasteiger partial charge is 0.313 e. The van der Waals surface area contributed by atoms with Gasteiger partial charge in [-0.2, -0.15) is 0 Å². The van der Waals surface area contributed by atoms with Gasteiger partial charge in [-0.25, -0.2) is 4.98 Å². The number of fused-ring (bicyclic) bond motifs is 5. The second kappa shape index (κ2) is 5.45. The van der Waals surface area contributed by atoms with Crippen molar-refractivity contribution in [3.05, 3.63) is 16.3 Å². The van der Waals surface area contributed by atoms with Gasteiger partial charge in [-0.3, -0.25) is 9.20 Å². The van der Waals surface area contributed by atoms with Crippen molar-refractivity contribution < 1.29 is 9.90 Å². The number of aryl methyl sites for hydroxylation is 2. The molecule has 120 valence electrons. The predicted octanol–water partition coefficient (Wildman–Crippen LogP) is 2.95. The third-order valence-electron chi connectivity index (χ3n) is 4.26. The van der Waals surface area contributed by atoms with Crippen LogP contribution in [0.25, 0.3) is 15.9 Å². The summed E-state index contributed by atoms with van der Waals surface area (Å²) < 4.78 is 1.89. The maximum atomic E-state index is 10.8. The van der Waals surface area contributed by atoms with Crippen molar-refractivity contribution in [2.75, 3.05) is 5.75 Å². The quantitative estimate of drug-likeness (QED) is 0.733. The van der Waals surface area contributed by atoms with Gasteiger partial charge in [-0.1, -0.05) is 18.7 Å². The molecule has 0 fully saturated rings. The number of thioether (sulfide) groups is 1. The van der Waals surface area contributed by atoms with Gasteiger partial charge < -0.3 is 5.11 Å². The van der Waals surface area contributed by atoms with Crippen molar-refractivity contribution in [3.63, 3.8) is 0 Å². The summed E-state index contributed by atoms with van der Waals surface area (Å²) in [7, 11) is 0. The first-order valence-corrected chi connectivity index (χ1v) is 9.35. The number of hydrogen-bond acceptors (Lipinski definition) is 6. The fraction of sp³-hybridized carbons (Fsp3) is 0.467. The van der Waals surface area contributed by atoms with Crippen molar-refractivity contribution >= 4 is 44.9 Å². The molecule has 1 N–H and O–H groups in total. The van der Waals surface area contributed by atoms with Crippen molar-refractivity contribution in [1.82, 2.24) is 19.6 Å². The Kier molecular flexibility index (Phi) is 3.53. The summed E-state index contributed by atoms with van der Waals surface area (Å²) in [6, 6.07) is 0. The van der Waals surface area contributed by atoms with E-state index in [1.54, 1.807) is 11.3 Å². The molecule has 3 aromatic rings. The third kappa shape index (κ3) is 2.40. The Morgan fingerprint density at radius 1 is 1.48 bits per heavy atom. The monoisotopic (exact) mass is 348 g/mol. The normalized spacial score (nSPS) is 17.7. The molecule has 3 aromatic heterocycles. The van der Waals surface area contributed by atoms with E-state index in [1.807, 2.05) is 11.3 Å². The Morgan fingerprint density at radius 3 is 3.09 bits per heavy atom. The van der Waals surface area contributed by atoms with Crippen LogP contribution in [0.3, 0.4) is 0 Å². The van der Waals surface area contributed by atoms with Crippen LogP contribution in [-0.2, 0) is 17.6 Å². The fourth-order valence-corrected chi connectivity index (χ4v) is 5.31. The lowest BCUT2D eigenvalue weighted by molar-refractivity contribution is -0.133. The molecule has 0 radical (unpaired) electrons. The first-order chi connectivity index (χ1) is 11.0. The number of aliphatic carboxylic acids is 1. The molecular weight excluding hydrogens is 332 g/mol. The molecule has 0 spiro atoms. The van der Waals surface area contributed by atoms with Gasteiger partial charge >= 0.3 is 5.97 Å². The number of aromatic nitrogens is 4. The molecule has 4 rings (SSSR count). The molecule has 8 heteroatoms. The van der Waals surface area contributed by atoms with E-state index in [0.29, 0.717) is 11.1 Å². The highest BCUT2D eigenvalue weighted by molar-refractivity contribution is 7.99. The van der Waals surface area contributed by atoms with Gasteiger partial charge in [0.15, 0.2) is 10.8 Å². The zero-order valence-corrected chi connectivity index (χ0v) is 14.5. The molecule has 0 unspecified atom stereocenters. The van der Waals surface area contributed by atoms with E-state index in [1.165, 1.54) is 28.6 Å². The van der Waals surface area contributed by atoms with Crippen LogP contribution < -0.4 is 0 Å². The van der Waals surface area contributed by atoms with Crippen LogP contribution >= 0.6 is 23.1 Å². The summed E-state index contributed by atoms with van der Waals surface area (Å²) in [5, 5.41) is 19.1. The molecule has 0 bridgehead atoms. The number of carboxylic acid groups (broad SMARTS) is 1. The van der Waals surface area contributed by atoms with Gasteiger partial charge in [0, 0.05) is 4.88 Å². The highest BCUT2D eigenvalue weighted by atomic mass is 32.2. The number of rotatable bonds is 3. The van der Waals surface area contributed by atoms with E-state index in [9.17, 15) is 4.79 Å². The first-order valence-electron chi connectivity index (χ1n) is 7.55. The molecule has 6 nitrogen and oxygen atoms in total. The summed E-state index contributed by atoms with van der Waals surface area (Å²) in [4.78, 5) is 18.0. The number of hydrogen-bond donors (Lipinski definition) is 1. The lowest BCUT2D eigenvalue weighted by Gasteiger charge is -2.17. The van der Waals surface area contributed by atoms with Gasteiger partial charge in [0.2, 0.25) is 0 Å². The van der Waals surface area contributed by atoms with Crippen molar-refractivity contribution in [3.8, 4) is 0 Å². The van der Waals surface area contributed by atoms with Crippen LogP contribution in [0.1, 0.15) is 29.6 Å². The Hall–Kier alpha value is -1.67. The Balaban J connectivity index is 1.92. The highest BCUT2D eigenvalue weighted by Gasteiger charge is 2.24. The van der Waals surface area contributed by atoms with Gasteiger partial charge in [0.1, 0.15) is 10.7 Å². The molecule has 0 aliphatic heterocycles. The van der Waals surface area contributed by atoms with E-state index < -0.39 is 5.97 Å². The molecule has 1 aliphatic carbocycles. The zero-order valence-electron chi connectivity index (χ0n) is 12.9. The Morgan fingerprint density at radius 2 is 2.30 bits per heavy atom. The minimum Gasteiger partial charge on any atom is -0.481 e. The fourth-order valence-electron chi connectivity index (χ4n) is 3.19. The molecule has 23 heavy (non-hydrogen) atoms. The lowest BCUT2D eigenvalue weighted by Crippen LogP contribution is -2.08. The van der Waals surface area contributed by atoms with Crippen LogP contribution in [-0.4, -0.2) is 36.4 Å². The van der Waals surface area contributed by atoms with Gasteiger partial charge in [-0.05, 0) is 37.7 Å². The van der Waals surface area contributed by atoms with Crippen molar-refractivity contribution in [2.45, 2.75) is 38.3 Å². The molecule has 1 atom stereocenters. The minimum atomic E-state index is -0.861. The van der Waals surface area contributed by atoms with Gasteiger partial charge in [0.05, 0.1) is 11.1 Å². The molecule has 0 aromatic carbocycles. The zero-order chi connectivity index (χ0) is 16.1. The summed E-state index contributed by atoms with van der Waals surface area (Å²) in [6.07, 6.45) is 3.35. The summed E-state index contributed by atoms with van der Waals surface area (Å²) in [5.41, 5.74) is 2.18. The number of carboxylic acids is 1. The van der Waals surface area contributed by atoms with Crippen LogP contribution in [0.5, 0.6) is 0 Å². The molecular formula is C15H16N4O2S2. The summed E-state index contributed by atoms with van der Waals surface area (Å²) >= 11 is 2.95. The average molecular weight is 348 g/mol. The summed E-state index contributed by atoms with van der Waals surface area (Å²) in [5.74, 6) is 0.627. The number of carbonyl (C=O) groups is 1. The van der Waals surface area contributed by atoms with Crippen LogP contribution in [0.4, 0.5) is 0 Å². The predicted molar refractivity (Wildman–Crippen MR) is 90.5 cm³/mol. The second-order valence-electron chi connectivity index (χ2n) is 6.01. The first kappa shape index (κ1) is 14.9. The lowest BCUT2D eigenvalue weighted by atomic mass is 9.89. The Bertz CT molecular complexity index is 931. The molecule has 3 heterocycles. The standard InChI is InChI=1S/C15H16N4O2S2/c1-7-3-4-9-10(5-7)23-14-12(9)13-17-18-15(22-6-11(20)21)19(13)8(2)16-14/h7H,3-6H2,1-2H3,(H,20,21)/t7-/m0/s1. The highest BCUT2D eigenvalue weighted by Crippen LogP contribution is 2.39. The minimum absolute atomic E-state index is 0.0302. The topological polar surface area (TPSA) is 80.4 Å². The molecule has 0 saturated carbocycles. The van der Waals surface area contributed by atoms with E-state index in [-0.39, 0.29) is 5.75 Å². The average Bonchev–Trinajstić information content (AvgIpc) is 3.05. The van der Waals surface area contributed by atoms with E-state index in [4.69, 9.17) is 10.1 Å². The van der Waals surface area contributed by atoms with Crippen LogP contribution in [0.2, 0.25) is 0 Å². The maximum absolute atomic E-state index is 10.8. The number of thiophene rings is 1. The van der Waals surface area contributed by atoms with E-state index in [0.717, 1.165) is 34.5 Å². The molecule has 0 saturated heterocycles. The maximum Gasteiger partial charge on any atom is 0.313 e. The van der Waals surface area contributed by atoms with Crippen molar-refractivity contribution in [2.24, 2.45) is 5.92 Å². The molecule has 0 amide bonds. The van der Waals surface area contributed by atoms with E-state index >= 15 is 0 Å².